The van der Waals surface area contributed by atoms with Crippen molar-refractivity contribution in [3.05, 3.63) is 29.8 Å². The number of benzene rings is 1. The van der Waals surface area contributed by atoms with E-state index in [-0.39, 0.29) is 0 Å². The Kier molecular flexibility index (Phi) is 3.55. The Morgan fingerprint density at radius 2 is 1.83 bits per heavy atom. The van der Waals surface area contributed by atoms with E-state index in [1.807, 2.05) is 0 Å². The van der Waals surface area contributed by atoms with E-state index >= 15 is 0 Å². The molecule has 1 N–H and O–H groups in total. The van der Waals surface area contributed by atoms with Gasteiger partial charge in [-0.15, -0.1) is 0 Å². The Labute approximate surface area is 110 Å². The molecular formula is C16H24N2. The number of hydrogen-bond acceptors (Lipinski definition) is 2. The summed E-state index contributed by atoms with van der Waals surface area (Å²) >= 11 is 0. The van der Waals surface area contributed by atoms with Crippen molar-refractivity contribution in [2.75, 3.05) is 18.0 Å². The van der Waals surface area contributed by atoms with Gasteiger partial charge in [0.05, 0.1) is 0 Å². The van der Waals surface area contributed by atoms with Gasteiger partial charge in [0.1, 0.15) is 0 Å². The molecule has 0 amide bonds. The third-order valence-corrected chi connectivity index (χ3v) is 4.03. The van der Waals surface area contributed by atoms with Gasteiger partial charge in [0, 0.05) is 31.4 Å². The first-order chi connectivity index (χ1) is 8.85. The summed E-state index contributed by atoms with van der Waals surface area (Å²) in [5.41, 5.74) is 2.80. The number of rotatable bonds is 7. The summed E-state index contributed by atoms with van der Waals surface area (Å²) in [6, 6.07) is 9.93. The summed E-state index contributed by atoms with van der Waals surface area (Å²) < 4.78 is 0. The van der Waals surface area contributed by atoms with Crippen LogP contribution < -0.4 is 10.2 Å². The molecule has 0 saturated heterocycles. The summed E-state index contributed by atoms with van der Waals surface area (Å²) in [5, 5.41) is 3.56. The van der Waals surface area contributed by atoms with Crippen LogP contribution in [0.1, 0.15) is 38.2 Å². The lowest BCUT2D eigenvalue weighted by Crippen LogP contribution is -2.25. The first-order valence-corrected chi connectivity index (χ1v) is 7.42. The zero-order valence-electron chi connectivity index (χ0n) is 11.4. The normalized spacial score (nSPS) is 18.9. The lowest BCUT2D eigenvalue weighted by atomic mass is 10.2. The maximum Gasteiger partial charge on any atom is 0.0366 e. The average molecular weight is 244 g/mol. The Morgan fingerprint density at radius 3 is 2.39 bits per heavy atom. The number of anilines is 1. The first kappa shape index (κ1) is 12.0. The van der Waals surface area contributed by atoms with E-state index in [2.05, 4.69) is 41.4 Å². The number of hydrogen-bond donors (Lipinski definition) is 1. The van der Waals surface area contributed by atoms with Crippen LogP contribution >= 0.6 is 0 Å². The van der Waals surface area contributed by atoms with Gasteiger partial charge in [-0.3, -0.25) is 0 Å². The van der Waals surface area contributed by atoms with Gasteiger partial charge in [-0.2, -0.15) is 0 Å². The molecule has 0 radical (unpaired) electrons. The molecule has 0 atom stereocenters. The van der Waals surface area contributed by atoms with Crippen LogP contribution in [0.2, 0.25) is 0 Å². The Hall–Kier alpha value is -1.02. The van der Waals surface area contributed by atoms with E-state index < -0.39 is 0 Å². The third kappa shape index (κ3) is 3.26. The second kappa shape index (κ2) is 5.31. The second-order valence-electron chi connectivity index (χ2n) is 5.80. The van der Waals surface area contributed by atoms with E-state index in [4.69, 9.17) is 0 Å². The minimum Gasteiger partial charge on any atom is -0.372 e. The standard InChI is InChI=1S/C16H24N2/c1-2-18(12-14-3-4-14)16-9-5-13(6-10-16)11-17-15-7-8-15/h5-6,9-10,14-15,17H,2-4,7-8,11-12H2,1H3. The molecule has 0 bridgehead atoms. The van der Waals surface area contributed by atoms with Crippen molar-refractivity contribution in [2.24, 2.45) is 5.92 Å². The summed E-state index contributed by atoms with van der Waals surface area (Å²) in [4.78, 5) is 2.51. The quantitative estimate of drug-likeness (QED) is 0.792. The van der Waals surface area contributed by atoms with Gasteiger partial charge < -0.3 is 10.2 Å². The van der Waals surface area contributed by atoms with Crippen molar-refractivity contribution in [2.45, 2.75) is 45.2 Å². The van der Waals surface area contributed by atoms with Gasteiger partial charge >= 0.3 is 0 Å². The zero-order valence-corrected chi connectivity index (χ0v) is 11.4. The summed E-state index contributed by atoms with van der Waals surface area (Å²) in [7, 11) is 0. The van der Waals surface area contributed by atoms with Crippen LogP contribution in [-0.2, 0) is 6.54 Å². The highest BCUT2D eigenvalue weighted by Gasteiger charge is 2.24. The minimum atomic E-state index is 0.798. The van der Waals surface area contributed by atoms with Crippen LogP contribution in [-0.4, -0.2) is 19.1 Å². The molecule has 2 saturated carbocycles. The molecular weight excluding hydrogens is 220 g/mol. The molecule has 0 aromatic heterocycles. The maximum atomic E-state index is 3.56. The highest BCUT2D eigenvalue weighted by Crippen LogP contribution is 2.31. The third-order valence-electron chi connectivity index (χ3n) is 4.03. The fraction of sp³-hybridized carbons (Fsp3) is 0.625. The molecule has 2 heteroatoms. The highest BCUT2D eigenvalue weighted by atomic mass is 15.1. The molecule has 98 valence electrons. The molecule has 0 spiro atoms. The predicted octanol–water partition coefficient (Wildman–Crippen LogP) is 3.17. The largest absolute Gasteiger partial charge is 0.372 e. The van der Waals surface area contributed by atoms with Gasteiger partial charge in [-0.05, 0) is 56.2 Å². The van der Waals surface area contributed by atoms with Crippen molar-refractivity contribution in [1.82, 2.24) is 5.32 Å². The lowest BCUT2D eigenvalue weighted by molar-refractivity contribution is 0.687. The maximum absolute atomic E-state index is 3.56. The fourth-order valence-electron chi connectivity index (χ4n) is 2.40. The van der Waals surface area contributed by atoms with E-state index in [1.165, 1.54) is 43.5 Å². The highest BCUT2D eigenvalue weighted by molar-refractivity contribution is 5.47. The van der Waals surface area contributed by atoms with Crippen molar-refractivity contribution in [3.8, 4) is 0 Å². The van der Waals surface area contributed by atoms with Crippen LogP contribution in [0.15, 0.2) is 24.3 Å². The summed E-state index contributed by atoms with van der Waals surface area (Å²) in [5.74, 6) is 0.959. The topological polar surface area (TPSA) is 15.3 Å². The fourth-order valence-corrected chi connectivity index (χ4v) is 2.40. The van der Waals surface area contributed by atoms with Crippen LogP contribution in [0.4, 0.5) is 5.69 Å². The van der Waals surface area contributed by atoms with Crippen molar-refractivity contribution in [3.63, 3.8) is 0 Å². The molecule has 3 rings (SSSR count). The molecule has 0 aliphatic heterocycles. The van der Waals surface area contributed by atoms with Gasteiger partial charge in [0.25, 0.3) is 0 Å². The van der Waals surface area contributed by atoms with E-state index in [0.29, 0.717) is 0 Å². The van der Waals surface area contributed by atoms with E-state index in [0.717, 1.165) is 25.0 Å². The van der Waals surface area contributed by atoms with Crippen LogP contribution in [0.25, 0.3) is 0 Å². The van der Waals surface area contributed by atoms with Gasteiger partial charge in [0.2, 0.25) is 0 Å². The van der Waals surface area contributed by atoms with Crippen LogP contribution in [0.5, 0.6) is 0 Å². The van der Waals surface area contributed by atoms with Gasteiger partial charge in [-0.25, -0.2) is 0 Å². The zero-order chi connectivity index (χ0) is 12.4. The lowest BCUT2D eigenvalue weighted by Gasteiger charge is -2.23. The van der Waals surface area contributed by atoms with Crippen LogP contribution in [0.3, 0.4) is 0 Å². The Balaban J connectivity index is 1.57. The Bertz CT molecular complexity index is 377. The van der Waals surface area contributed by atoms with E-state index in [9.17, 15) is 0 Å². The van der Waals surface area contributed by atoms with Crippen molar-refractivity contribution >= 4 is 5.69 Å². The smallest absolute Gasteiger partial charge is 0.0366 e. The molecule has 0 unspecified atom stereocenters. The van der Waals surface area contributed by atoms with E-state index in [1.54, 1.807) is 0 Å². The van der Waals surface area contributed by atoms with Crippen molar-refractivity contribution < 1.29 is 0 Å². The molecule has 1 aromatic carbocycles. The molecule has 1 aromatic rings. The second-order valence-corrected chi connectivity index (χ2v) is 5.80. The summed E-state index contributed by atoms with van der Waals surface area (Å²) in [6.45, 7) is 5.65. The monoisotopic (exact) mass is 244 g/mol. The predicted molar refractivity (Wildman–Crippen MR) is 76.9 cm³/mol. The molecule has 2 fully saturated rings. The minimum absolute atomic E-state index is 0.798. The van der Waals surface area contributed by atoms with Gasteiger partial charge in [-0.1, -0.05) is 12.1 Å². The molecule has 2 aliphatic rings. The SMILES string of the molecule is CCN(CC1CC1)c1ccc(CNC2CC2)cc1. The first-order valence-electron chi connectivity index (χ1n) is 7.42. The Morgan fingerprint density at radius 1 is 1.11 bits per heavy atom. The number of nitrogens with zero attached hydrogens (tertiary/aromatic N) is 1. The van der Waals surface area contributed by atoms with Crippen LogP contribution in [0, 0.1) is 5.92 Å². The number of nitrogens with one attached hydrogen (secondary N) is 1. The molecule has 2 nitrogen and oxygen atoms in total. The van der Waals surface area contributed by atoms with Gasteiger partial charge in [0.15, 0.2) is 0 Å². The molecule has 0 heterocycles. The molecule has 2 aliphatic carbocycles. The average Bonchev–Trinajstić information content (AvgIpc) is 3.28. The molecule has 18 heavy (non-hydrogen) atoms. The van der Waals surface area contributed by atoms with Crippen molar-refractivity contribution in [1.29, 1.82) is 0 Å². The summed E-state index contributed by atoms with van der Waals surface area (Å²) in [6.07, 6.45) is 5.59.